The van der Waals surface area contributed by atoms with Crippen molar-refractivity contribution in [1.82, 2.24) is 10.6 Å². The van der Waals surface area contributed by atoms with Crippen molar-refractivity contribution in [3.05, 3.63) is 0 Å². The Morgan fingerprint density at radius 3 is 3.00 bits per heavy atom. The Kier molecular flexibility index (Phi) is 8.01. The lowest BCUT2D eigenvalue weighted by Crippen LogP contribution is -2.45. The Labute approximate surface area is 104 Å². The molecule has 100 valence electrons. The van der Waals surface area contributed by atoms with Crippen LogP contribution in [0.2, 0.25) is 0 Å². The van der Waals surface area contributed by atoms with Gasteiger partial charge in [-0.2, -0.15) is 0 Å². The van der Waals surface area contributed by atoms with Gasteiger partial charge in [-0.05, 0) is 32.7 Å². The predicted molar refractivity (Wildman–Crippen MR) is 69.0 cm³/mol. The van der Waals surface area contributed by atoms with Crippen LogP contribution >= 0.6 is 0 Å². The number of nitrogens with one attached hydrogen (secondary N) is 2. The summed E-state index contributed by atoms with van der Waals surface area (Å²) in [7, 11) is 0. The van der Waals surface area contributed by atoms with Gasteiger partial charge in [-0.25, -0.2) is 0 Å². The van der Waals surface area contributed by atoms with Crippen molar-refractivity contribution in [3.8, 4) is 0 Å². The van der Waals surface area contributed by atoms with E-state index in [0.717, 1.165) is 45.6 Å². The molecule has 1 aliphatic rings. The van der Waals surface area contributed by atoms with E-state index in [9.17, 15) is 4.79 Å². The lowest BCUT2D eigenvalue weighted by Gasteiger charge is -2.20. The highest BCUT2D eigenvalue weighted by Crippen LogP contribution is 2.09. The van der Waals surface area contributed by atoms with Crippen molar-refractivity contribution in [1.29, 1.82) is 0 Å². The second-order valence-electron chi connectivity index (χ2n) is 4.55. The first kappa shape index (κ1) is 14.5. The minimum absolute atomic E-state index is 0.0161. The fourth-order valence-corrected chi connectivity index (χ4v) is 2.08. The third-order valence-electron chi connectivity index (χ3n) is 3.10. The van der Waals surface area contributed by atoms with Crippen LogP contribution in [-0.2, 0) is 9.53 Å². The monoisotopic (exact) mass is 242 g/mol. The van der Waals surface area contributed by atoms with Gasteiger partial charge in [0.1, 0.15) is 0 Å². The van der Waals surface area contributed by atoms with Crippen molar-refractivity contribution < 1.29 is 9.53 Å². The second kappa shape index (κ2) is 9.42. The molecule has 0 aromatic heterocycles. The summed E-state index contributed by atoms with van der Waals surface area (Å²) in [5.41, 5.74) is 0. The molecule has 0 aromatic rings. The van der Waals surface area contributed by atoms with E-state index in [-0.39, 0.29) is 11.9 Å². The fourth-order valence-electron chi connectivity index (χ4n) is 2.08. The van der Waals surface area contributed by atoms with Crippen LogP contribution in [0, 0.1) is 0 Å². The summed E-state index contributed by atoms with van der Waals surface area (Å²) in [6, 6.07) is 0.0161. The van der Waals surface area contributed by atoms with E-state index in [1.165, 1.54) is 19.3 Å². The van der Waals surface area contributed by atoms with Gasteiger partial charge in [0.25, 0.3) is 0 Å². The average Bonchev–Trinajstić information content (AvgIpc) is 2.28. The molecule has 4 nitrogen and oxygen atoms in total. The van der Waals surface area contributed by atoms with Crippen LogP contribution in [0.25, 0.3) is 0 Å². The van der Waals surface area contributed by atoms with Crippen LogP contribution in [0.1, 0.15) is 45.4 Å². The average molecular weight is 242 g/mol. The highest BCUT2D eigenvalue weighted by molar-refractivity contribution is 5.81. The molecule has 1 unspecified atom stereocenters. The molecule has 2 N–H and O–H groups in total. The molecule has 0 radical (unpaired) electrons. The molecule has 0 aliphatic carbocycles. The van der Waals surface area contributed by atoms with Crippen molar-refractivity contribution in [2.45, 2.75) is 51.5 Å². The molecule has 1 saturated heterocycles. The third-order valence-corrected chi connectivity index (χ3v) is 3.10. The summed E-state index contributed by atoms with van der Waals surface area (Å²) < 4.78 is 5.23. The first-order valence-electron chi connectivity index (χ1n) is 6.93. The number of amides is 1. The van der Waals surface area contributed by atoms with Crippen LogP contribution in [0.15, 0.2) is 0 Å². The zero-order valence-electron chi connectivity index (χ0n) is 11.0. The quantitative estimate of drug-likeness (QED) is 0.693. The summed E-state index contributed by atoms with van der Waals surface area (Å²) in [5, 5.41) is 6.31. The summed E-state index contributed by atoms with van der Waals surface area (Å²) in [5.74, 6) is 0.156. The molecule has 1 heterocycles. The molecular weight excluding hydrogens is 216 g/mol. The van der Waals surface area contributed by atoms with Gasteiger partial charge < -0.3 is 15.4 Å². The molecule has 0 spiro atoms. The standard InChI is InChI=1S/C13H26N2O2/c1-2-17-11-7-10-15-13(16)12-8-5-3-4-6-9-14-12/h12,14H,2-11H2,1H3,(H,15,16). The molecule has 4 heteroatoms. The zero-order valence-corrected chi connectivity index (χ0v) is 11.0. The zero-order chi connectivity index (χ0) is 12.3. The smallest absolute Gasteiger partial charge is 0.237 e. The van der Waals surface area contributed by atoms with Gasteiger partial charge >= 0.3 is 0 Å². The summed E-state index contributed by atoms with van der Waals surface area (Å²) in [6.45, 7) is 5.15. The fraction of sp³-hybridized carbons (Fsp3) is 0.923. The van der Waals surface area contributed by atoms with Crippen molar-refractivity contribution >= 4 is 5.91 Å². The van der Waals surface area contributed by atoms with E-state index < -0.39 is 0 Å². The highest BCUT2D eigenvalue weighted by Gasteiger charge is 2.17. The summed E-state index contributed by atoms with van der Waals surface area (Å²) in [4.78, 5) is 11.9. The Morgan fingerprint density at radius 1 is 1.35 bits per heavy atom. The summed E-state index contributed by atoms with van der Waals surface area (Å²) >= 11 is 0. The molecule has 1 rings (SSSR count). The topological polar surface area (TPSA) is 50.4 Å². The van der Waals surface area contributed by atoms with Crippen LogP contribution in [0.4, 0.5) is 0 Å². The maximum Gasteiger partial charge on any atom is 0.237 e. The molecule has 1 aliphatic heterocycles. The largest absolute Gasteiger partial charge is 0.382 e. The first-order chi connectivity index (χ1) is 8.34. The minimum atomic E-state index is 0.0161. The molecule has 0 aromatic carbocycles. The van der Waals surface area contributed by atoms with E-state index >= 15 is 0 Å². The Bertz CT molecular complexity index is 202. The highest BCUT2D eigenvalue weighted by atomic mass is 16.5. The van der Waals surface area contributed by atoms with E-state index in [4.69, 9.17) is 4.74 Å². The minimum Gasteiger partial charge on any atom is -0.382 e. The van der Waals surface area contributed by atoms with Gasteiger partial charge in [-0.15, -0.1) is 0 Å². The third kappa shape index (κ3) is 6.64. The van der Waals surface area contributed by atoms with Gasteiger partial charge in [-0.3, -0.25) is 4.79 Å². The van der Waals surface area contributed by atoms with Gasteiger partial charge in [0.05, 0.1) is 6.04 Å². The van der Waals surface area contributed by atoms with Crippen molar-refractivity contribution in [3.63, 3.8) is 0 Å². The molecule has 0 bridgehead atoms. The SMILES string of the molecule is CCOCCCNC(=O)C1CCCCCCN1. The second-order valence-corrected chi connectivity index (χ2v) is 4.55. The van der Waals surface area contributed by atoms with E-state index in [1.807, 2.05) is 6.92 Å². The normalized spacial score (nSPS) is 21.6. The van der Waals surface area contributed by atoms with Crippen LogP contribution < -0.4 is 10.6 Å². The number of carbonyl (C=O) groups excluding carboxylic acids is 1. The Hall–Kier alpha value is -0.610. The van der Waals surface area contributed by atoms with Gasteiger partial charge in [0.2, 0.25) is 5.91 Å². The van der Waals surface area contributed by atoms with Gasteiger partial charge in [0.15, 0.2) is 0 Å². The number of hydrogen-bond donors (Lipinski definition) is 2. The molecule has 0 saturated carbocycles. The van der Waals surface area contributed by atoms with Crippen molar-refractivity contribution in [2.75, 3.05) is 26.3 Å². The Balaban J connectivity index is 2.11. The molecule has 1 atom stereocenters. The lowest BCUT2D eigenvalue weighted by atomic mass is 10.0. The Morgan fingerprint density at radius 2 is 2.18 bits per heavy atom. The van der Waals surface area contributed by atoms with Crippen LogP contribution in [0.5, 0.6) is 0 Å². The van der Waals surface area contributed by atoms with Crippen molar-refractivity contribution in [2.24, 2.45) is 0 Å². The predicted octanol–water partition coefficient (Wildman–Crippen LogP) is 1.45. The molecular formula is C13H26N2O2. The maximum atomic E-state index is 11.9. The maximum absolute atomic E-state index is 11.9. The number of hydrogen-bond acceptors (Lipinski definition) is 3. The van der Waals surface area contributed by atoms with Gasteiger partial charge in [0, 0.05) is 19.8 Å². The van der Waals surface area contributed by atoms with Gasteiger partial charge in [-0.1, -0.05) is 19.3 Å². The van der Waals surface area contributed by atoms with E-state index in [2.05, 4.69) is 10.6 Å². The first-order valence-corrected chi connectivity index (χ1v) is 6.93. The molecule has 1 fully saturated rings. The van der Waals surface area contributed by atoms with Crippen LogP contribution in [-0.4, -0.2) is 38.3 Å². The number of carbonyl (C=O) groups is 1. The number of ether oxygens (including phenoxy) is 1. The van der Waals surface area contributed by atoms with Crippen LogP contribution in [0.3, 0.4) is 0 Å². The molecule has 17 heavy (non-hydrogen) atoms. The van der Waals surface area contributed by atoms with E-state index in [0.29, 0.717) is 0 Å². The van der Waals surface area contributed by atoms with E-state index in [1.54, 1.807) is 0 Å². The molecule has 1 amide bonds. The number of rotatable bonds is 6. The lowest BCUT2D eigenvalue weighted by molar-refractivity contribution is -0.123. The summed E-state index contributed by atoms with van der Waals surface area (Å²) in [6.07, 6.45) is 6.76.